The molecule has 2 aromatic carbocycles. The summed E-state index contributed by atoms with van der Waals surface area (Å²) in [6, 6.07) is 12.3. The summed E-state index contributed by atoms with van der Waals surface area (Å²) in [5.41, 5.74) is 1.83. The number of fused-ring (bicyclic) bond motifs is 2. The standard InChI is InChI=1S/C28H30FN5O2/c29-23-4-1-2-5-26(23)34-25-7-3-6-24(22(25)15-30-34)32-9-8-31(28(32)36)17-27(35)33-16-20-11-18-10-19(12-20)14-21(33)13-18/h1-7,15,18-21H,8-14,16-17H2/t18-,19-,20?,21?/m0/s1. The maximum Gasteiger partial charge on any atom is 0.325 e. The Labute approximate surface area is 209 Å². The number of para-hydroxylation sites is 1. The van der Waals surface area contributed by atoms with Crippen LogP contribution in [0, 0.1) is 23.6 Å². The molecular formula is C28H30FN5O2. The summed E-state index contributed by atoms with van der Waals surface area (Å²) in [7, 11) is 0. The van der Waals surface area contributed by atoms with E-state index in [1.807, 2.05) is 18.2 Å². The van der Waals surface area contributed by atoms with Crippen molar-refractivity contribution in [2.24, 2.45) is 17.8 Å². The largest absolute Gasteiger partial charge is 0.338 e. The van der Waals surface area contributed by atoms with Gasteiger partial charge in [0.15, 0.2) is 0 Å². The number of hydrogen-bond donors (Lipinski definition) is 0. The first-order valence-corrected chi connectivity index (χ1v) is 13.1. The molecule has 3 saturated heterocycles. The second-order valence-corrected chi connectivity index (χ2v) is 11.1. The van der Waals surface area contributed by atoms with Crippen LogP contribution in [0.15, 0.2) is 48.7 Å². The molecule has 5 fully saturated rings. The summed E-state index contributed by atoms with van der Waals surface area (Å²) in [6.07, 6.45) is 7.81. The number of hydrogen-bond acceptors (Lipinski definition) is 3. The first-order chi connectivity index (χ1) is 17.5. The minimum absolute atomic E-state index is 0.0916. The van der Waals surface area contributed by atoms with Gasteiger partial charge in [0, 0.05) is 31.1 Å². The molecule has 2 saturated carbocycles. The molecule has 3 amide bonds. The Balaban J connectivity index is 1.11. The Morgan fingerprint density at radius 2 is 1.67 bits per heavy atom. The van der Waals surface area contributed by atoms with Crippen molar-refractivity contribution < 1.29 is 14.0 Å². The highest BCUT2D eigenvalue weighted by molar-refractivity contribution is 6.04. The summed E-state index contributed by atoms with van der Waals surface area (Å²) in [5.74, 6) is 1.92. The molecule has 0 N–H and O–H groups in total. The molecule has 1 aromatic heterocycles. The second-order valence-electron chi connectivity index (χ2n) is 11.1. The van der Waals surface area contributed by atoms with Gasteiger partial charge in [-0.15, -0.1) is 0 Å². The number of amides is 3. The molecule has 8 heteroatoms. The Hall–Kier alpha value is -3.42. The van der Waals surface area contributed by atoms with E-state index >= 15 is 0 Å². The molecule has 0 radical (unpaired) electrons. The van der Waals surface area contributed by atoms with Crippen LogP contribution < -0.4 is 4.90 Å². The molecule has 2 atom stereocenters. The van der Waals surface area contributed by atoms with E-state index in [2.05, 4.69) is 10.00 Å². The van der Waals surface area contributed by atoms with E-state index in [4.69, 9.17) is 0 Å². The van der Waals surface area contributed by atoms with Crippen molar-refractivity contribution >= 4 is 28.5 Å². The van der Waals surface area contributed by atoms with Crippen molar-refractivity contribution in [1.82, 2.24) is 19.6 Å². The normalized spacial score (nSPS) is 27.4. The molecule has 0 spiro atoms. The minimum Gasteiger partial charge on any atom is -0.338 e. The van der Waals surface area contributed by atoms with Gasteiger partial charge < -0.3 is 9.80 Å². The zero-order chi connectivity index (χ0) is 24.4. The van der Waals surface area contributed by atoms with Crippen molar-refractivity contribution in [3.63, 3.8) is 0 Å². The third kappa shape index (κ3) is 3.49. The van der Waals surface area contributed by atoms with Gasteiger partial charge in [0.1, 0.15) is 18.0 Å². The summed E-state index contributed by atoms with van der Waals surface area (Å²) in [4.78, 5) is 32.4. The zero-order valence-electron chi connectivity index (χ0n) is 20.2. The zero-order valence-corrected chi connectivity index (χ0v) is 20.2. The van der Waals surface area contributed by atoms with E-state index in [9.17, 15) is 14.0 Å². The third-order valence-electron chi connectivity index (χ3n) is 8.81. The second kappa shape index (κ2) is 8.32. The molecule has 4 heterocycles. The van der Waals surface area contributed by atoms with E-state index in [1.165, 1.54) is 25.3 Å². The number of urea groups is 1. The third-order valence-corrected chi connectivity index (χ3v) is 8.81. The smallest absolute Gasteiger partial charge is 0.325 e. The van der Waals surface area contributed by atoms with Gasteiger partial charge >= 0.3 is 6.03 Å². The highest BCUT2D eigenvalue weighted by Gasteiger charge is 2.44. The van der Waals surface area contributed by atoms with Gasteiger partial charge in [0.2, 0.25) is 5.91 Å². The molecular weight excluding hydrogens is 457 g/mol. The fourth-order valence-corrected chi connectivity index (χ4v) is 7.38. The van der Waals surface area contributed by atoms with Crippen molar-refractivity contribution in [1.29, 1.82) is 0 Å². The van der Waals surface area contributed by atoms with Gasteiger partial charge in [-0.1, -0.05) is 18.2 Å². The van der Waals surface area contributed by atoms with Gasteiger partial charge in [-0.2, -0.15) is 5.10 Å². The first kappa shape index (κ1) is 21.8. The summed E-state index contributed by atoms with van der Waals surface area (Å²) in [6.45, 7) is 2.01. The Kier molecular flexibility index (Phi) is 5.04. The van der Waals surface area contributed by atoms with Crippen LogP contribution in [0.4, 0.5) is 14.9 Å². The van der Waals surface area contributed by atoms with Gasteiger partial charge in [0.25, 0.3) is 0 Å². The molecule has 7 nitrogen and oxygen atoms in total. The van der Waals surface area contributed by atoms with Gasteiger partial charge in [-0.05, 0) is 74.1 Å². The van der Waals surface area contributed by atoms with Crippen molar-refractivity contribution in [2.45, 2.75) is 38.1 Å². The lowest BCUT2D eigenvalue weighted by atomic mass is 9.68. The van der Waals surface area contributed by atoms with Gasteiger partial charge in [-0.25, -0.2) is 13.9 Å². The SMILES string of the molecule is O=C1N(CC(=O)N2CC3C[C@H]4CC2C[C@H](C3)C4)CCN1c1cccc2c1cnn2-c1ccccc1F. The number of aromatic nitrogens is 2. The molecule has 3 aromatic rings. The predicted molar refractivity (Wildman–Crippen MR) is 134 cm³/mol. The fourth-order valence-electron chi connectivity index (χ4n) is 7.38. The van der Waals surface area contributed by atoms with Crippen LogP contribution in [0.5, 0.6) is 0 Å². The monoisotopic (exact) mass is 487 g/mol. The van der Waals surface area contributed by atoms with Crippen LogP contribution >= 0.6 is 0 Å². The Morgan fingerprint density at radius 3 is 2.47 bits per heavy atom. The molecule has 4 bridgehead atoms. The molecule has 3 aliphatic heterocycles. The van der Waals surface area contributed by atoms with Gasteiger partial charge in [0.05, 0.1) is 17.4 Å². The van der Waals surface area contributed by atoms with Gasteiger partial charge in [-0.3, -0.25) is 9.69 Å². The lowest BCUT2D eigenvalue weighted by molar-refractivity contribution is -0.134. The molecule has 0 unspecified atom stereocenters. The summed E-state index contributed by atoms with van der Waals surface area (Å²) >= 11 is 0. The number of halogens is 1. The maximum absolute atomic E-state index is 14.4. The Bertz CT molecular complexity index is 1340. The average molecular weight is 488 g/mol. The molecule has 186 valence electrons. The van der Waals surface area contributed by atoms with Crippen LogP contribution in [0.25, 0.3) is 16.6 Å². The van der Waals surface area contributed by atoms with Crippen LogP contribution in [-0.2, 0) is 4.79 Å². The number of benzene rings is 2. The van der Waals surface area contributed by atoms with Crippen LogP contribution in [0.1, 0.15) is 32.1 Å². The lowest BCUT2D eigenvalue weighted by Gasteiger charge is -2.39. The highest BCUT2D eigenvalue weighted by Crippen LogP contribution is 2.47. The minimum atomic E-state index is -0.356. The van der Waals surface area contributed by atoms with E-state index < -0.39 is 0 Å². The summed E-state index contributed by atoms with van der Waals surface area (Å²) in [5, 5.41) is 5.21. The number of carbonyl (C=O) groups excluding carboxylic acids is 2. The molecule has 2 aliphatic carbocycles. The Morgan fingerprint density at radius 1 is 0.917 bits per heavy atom. The lowest BCUT2D eigenvalue weighted by Crippen LogP contribution is -2.47. The van der Waals surface area contributed by atoms with Crippen LogP contribution in [0.3, 0.4) is 0 Å². The number of rotatable bonds is 4. The van der Waals surface area contributed by atoms with E-state index in [1.54, 1.807) is 38.9 Å². The van der Waals surface area contributed by atoms with Crippen molar-refractivity contribution in [2.75, 3.05) is 31.1 Å². The van der Waals surface area contributed by atoms with Crippen molar-refractivity contribution in [3.05, 3.63) is 54.5 Å². The predicted octanol–water partition coefficient (Wildman–Crippen LogP) is 4.44. The topological polar surface area (TPSA) is 61.7 Å². The maximum atomic E-state index is 14.4. The summed E-state index contributed by atoms with van der Waals surface area (Å²) < 4.78 is 16.0. The molecule has 36 heavy (non-hydrogen) atoms. The quantitative estimate of drug-likeness (QED) is 0.547. The van der Waals surface area contributed by atoms with E-state index in [-0.39, 0.29) is 24.3 Å². The highest BCUT2D eigenvalue weighted by atomic mass is 19.1. The van der Waals surface area contributed by atoms with E-state index in [0.717, 1.165) is 47.8 Å². The van der Waals surface area contributed by atoms with Crippen molar-refractivity contribution in [3.8, 4) is 5.69 Å². The molecule has 8 rings (SSSR count). The van der Waals surface area contributed by atoms with Crippen LogP contribution in [0.2, 0.25) is 0 Å². The average Bonchev–Trinajstić information content (AvgIpc) is 3.39. The fraction of sp³-hybridized carbons (Fsp3) is 0.464. The number of carbonyl (C=O) groups is 2. The van der Waals surface area contributed by atoms with E-state index in [0.29, 0.717) is 30.7 Å². The molecule has 5 aliphatic rings. The number of nitrogens with zero attached hydrogens (tertiary/aromatic N) is 5. The number of anilines is 1. The van der Waals surface area contributed by atoms with Crippen LogP contribution in [-0.4, -0.2) is 63.7 Å². The first-order valence-electron chi connectivity index (χ1n) is 13.1.